The first kappa shape index (κ1) is 13.2. The van der Waals surface area contributed by atoms with Crippen LogP contribution in [-0.4, -0.2) is 12.9 Å². The highest BCUT2D eigenvalue weighted by Gasteiger charge is 2.35. The Labute approximate surface area is 119 Å². The second-order valence-corrected chi connectivity index (χ2v) is 4.81. The van der Waals surface area contributed by atoms with Crippen molar-refractivity contribution in [3.8, 4) is 0 Å². The van der Waals surface area contributed by atoms with Crippen LogP contribution in [0, 0.1) is 0 Å². The molecule has 0 amide bonds. The molecule has 20 heavy (non-hydrogen) atoms. The van der Waals surface area contributed by atoms with E-state index in [4.69, 9.17) is 9.57 Å². The number of ether oxygens (including phenoxy) is 1. The number of anilines is 1. The zero-order chi connectivity index (χ0) is 13.8. The van der Waals surface area contributed by atoms with Crippen molar-refractivity contribution in [3.63, 3.8) is 0 Å². The van der Waals surface area contributed by atoms with Crippen molar-refractivity contribution in [1.82, 2.24) is 0 Å². The van der Waals surface area contributed by atoms with Crippen molar-refractivity contribution in [2.75, 3.05) is 11.7 Å². The molecule has 0 unspecified atom stereocenters. The quantitative estimate of drug-likeness (QED) is 0.839. The average molecular weight is 269 g/mol. The lowest BCUT2D eigenvalue weighted by Crippen LogP contribution is -2.22. The van der Waals surface area contributed by atoms with Gasteiger partial charge in [-0.1, -0.05) is 48.5 Å². The summed E-state index contributed by atoms with van der Waals surface area (Å²) in [5.41, 5.74) is 2.31. The molecule has 0 spiro atoms. The molecule has 1 heterocycles. The standard InChI is InChI=1S/C17H19NO2/c1-2-19-17-13-16(14-9-5-3-6-10-14)18(20-17)15-11-7-4-8-12-15/h3-12,16-17H,2,13H2,1H3/t16-,17-/m1/s1. The van der Waals surface area contributed by atoms with Crippen LogP contribution >= 0.6 is 0 Å². The molecule has 3 nitrogen and oxygen atoms in total. The maximum absolute atomic E-state index is 5.97. The maximum Gasteiger partial charge on any atom is 0.186 e. The van der Waals surface area contributed by atoms with E-state index in [0.29, 0.717) is 6.61 Å². The summed E-state index contributed by atoms with van der Waals surface area (Å²) in [6.45, 7) is 2.65. The average Bonchev–Trinajstić information content (AvgIpc) is 2.93. The molecule has 0 radical (unpaired) electrons. The van der Waals surface area contributed by atoms with Gasteiger partial charge in [-0.25, -0.2) is 9.90 Å². The van der Waals surface area contributed by atoms with Crippen molar-refractivity contribution in [2.45, 2.75) is 25.7 Å². The summed E-state index contributed by atoms with van der Waals surface area (Å²) in [5.74, 6) is 0. The van der Waals surface area contributed by atoms with Gasteiger partial charge < -0.3 is 4.74 Å². The number of hydrogen-bond acceptors (Lipinski definition) is 3. The molecule has 0 bridgehead atoms. The Kier molecular flexibility index (Phi) is 4.00. The molecule has 2 atom stereocenters. The van der Waals surface area contributed by atoms with Crippen molar-refractivity contribution in [1.29, 1.82) is 0 Å². The number of hydroxylamine groups is 1. The van der Waals surface area contributed by atoms with E-state index in [2.05, 4.69) is 36.4 Å². The van der Waals surface area contributed by atoms with Crippen LogP contribution in [0.25, 0.3) is 0 Å². The molecule has 104 valence electrons. The van der Waals surface area contributed by atoms with Crippen LogP contribution in [0.2, 0.25) is 0 Å². The van der Waals surface area contributed by atoms with Gasteiger partial charge in [0.05, 0.1) is 11.7 Å². The Hall–Kier alpha value is -1.84. The van der Waals surface area contributed by atoms with E-state index in [1.54, 1.807) is 0 Å². The minimum Gasteiger partial charge on any atom is -0.350 e. The Morgan fingerprint density at radius 3 is 2.35 bits per heavy atom. The summed E-state index contributed by atoms with van der Waals surface area (Å²) in [5, 5.41) is 1.97. The summed E-state index contributed by atoms with van der Waals surface area (Å²) < 4.78 is 5.64. The Morgan fingerprint density at radius 2 is 1.70 bits per heavy atom. The second-order valence-electron chi connectivity index (χ2n) is 4.81. The first-order valence-corrected chi connectivity index (χ1v) is 7.06. The molecule has 2 aromatic rings. The van der Waals surface area contributed by atoms with E-state index >= 15 is 0 Å². The summed E-state index contributed by atoms with van der Waals surface area (Å²) >= 11 is 0. The molecule has 2 aromatic carbocycles. The molecule has 1 saturated heterocycles. The lowest BCUT2D eigenvalue weighted by molar-refractivity contribution is -0.115. The lowest BCUT2D eigenvalue weighted by atomic mass is 10.0. The molecule has 3 heteroatoms. The van der Waals surface area contributed by atoms with E-state index in [1.165, 1.54) is 5.56 Å². The van der Waals surface area contributed by atoms with Gasteiger partial charge >= 0.3 is 0 Å². The van der Waals surface area contributed by atoms with Gasteiger partial charge in [-0.3, -0.25) is 0 Å². The van der Waals surface area contributed by atoms with E-state index in [0.717, 1.165) is 12.1 Å². The zero-order valence-corrected chi connectivity index (χ0v) is 11.6. The molecular formula is C17H19NO2. The normalized spacial score (nSPS) is 22.1. The van der Waals surface area contributed by atoms with Gasteiger partial charge in [0, 0.05) is 13.0 Å². The van der Waals surface area contributed by atoms with Gasteiger partial charge in [-0.05, 0) is 24.6 Å². The summed E-state index contributed by atoms with van der Waals surface area (Å²) in [6, 6.07) is 20.8. The number of para-hydroxylation sites is 1. The van der Waals surface area contributed by atoms with Gasteiger partial charge in [0.2, 0.25) is 0 Å². The number of nitrogens with zero attached hydrogens (tertiary/aromatic N) is 1. The van der Waals surface area contributed by atoms with Crippen LogP contribution in [0.1, 0.15) is 24.9 Å². The summed E-state index contributed by atoms with van der Waals surface area (Å²) in [7, 11) is 0. The van der Waals surface area contributed by atoms with E-state index in [-0.39, 0.29) is 12.3 Å². The third-order valence-electron chi connectivity index (χ3n) is 3.48. The Bertz CT molecular complexity index is 482. The highest BCUT2D eigenvalue weighted by Crippen LogP contribution is 2.38. The molecule has 0 saturated carbocycles. The predicted molar refractivity (Wildman–Crippen MR) is 79.2 cm³/mol. The molecule has 0 N–H and O–H groups in total. The maximum atomic E-state index is 5.97. The predicted octanol–water partition coefficient (Wildman–Crippen LogP) is 3.93. The zero-order valence-electron chi connectivity index (χ0n) is 11.6. The summed E-state index contributed by atoms with van der Waals surface area (Å²) in [4.78, 5) is 5.97. The molecule has 1 aliphatic heterocycles. The van der Waals surface area contributed by atoms with Gasteiger partial charge in [-0.15, -0.1) is 0 Å². The van der Waals surface area contributed by atoms with E-state index in [9.17, 15) is 0 Å². The van der Waals surface area contributed by atoms with Crippen molar-refractivity contribution < 1.29 is 9.57 Å². The van der Waals surface area contributed by atoms with E-state index < -0.39 is 0 Å². The van der Waals surface area contributed by atoms with Crippen LogP contribution in [0.5, 0.6) is 0 Å². The van der Waals surface area contributed by atoms with Crippen LogP contribution in [-0.2, 0) is 9.57 Å². The fourth-order valence-electron chi connectivity index (χ4n) is 2.57. The third kappa shape index (κ3) is 2.69. The molecule has 3 rings (SSSR count). The number of rotatable bonds is 4. The first-order chi connectivity index (χ1) is 9.88. The Morgan fingerprint density at radius 1 is 1.05 bits per heavy atom. The van der Waals surface area contributed by atoms with Crippen LogP contribution in [0.3, 0.4) is 0 Å². The smallest absolute Gasteiger partial charge is 0.186 e. The number of benzene rings is 2. The lowest BCUT2D eigenvalue weighted by Gasteiger charge is -2.24. The van der Waals surface area contributed by atoms with Crippen molar-refractivity contribution in [3.05, 3.63) is 66.2 Å². The van der Waals surface area contributed by atoms with E-state index in [1.807, 2.05) is 36.3 Å². The second kappa shape index (κ2) is 6.07. The SMILES string of the molecule is CCO[C@H]1C[C@H](c2ccccc2)N(c2ccccc2)O1. The van der Waals surface area contributed by atoms with Gasteiger partial charge in [0.15, 0.2) is 6.29 Å². The largest absolute Gasteiger partial charge is 0.350 e. The van der Waals surface area contributed by atoms with Crippen molar-refractivity contribution >= 4 is 5.69 Å². The topological polar surface area (TPSA) is 21.7 Å². The minimum absolute atomic E-state index is 0.176. The third-order valence-corrected chi connectivity index (χ3v) is 3.48. The molecule has 1 aliphatic rings. The number of hydrogen-bond donors (Lipinski definition) is 0. The van der Waals surface area contributed by atoms with Gasteiger partial charge in [0.25, 0.3) is 0 Å². The monoisotopic (exact) mass is 269 g/mol. The molecule has 0 aromatic heterocycles. The first-order valence-electron chi connectivity index (χ1n) is 7.06. The van der Waals surface area contributed by atoms with Gasteiger partial charge in [0.1, 0.15) is 0 Å². The fraction of sp³-hybridized carbons (Fsp3) is 0.294. The van der Waals surface area contributed by atoms with Crippen LogP contribution in [0.15, 0.2) is 60.7 Å². The van der Waals surface area contributed by atoms with Crippen molar-refractivity contribution in [2.24, 2.45) is 0 Å². The minimum atomic E-state index is -0.176. The highest BCUT2D eigenvalue weighted by atomic mass is 16.8. The highest BCUT2D eigenvalue weighted by molar-refractivity contribution is 5.47. The fourth-order valence-corrected chi connectivity index (χ4v) is 2.57. The van der Waals surface area contributed by atoms with Crippen LogP contribution in [0.4, 0.5) is 5.69 Å². The Balaban J connectivity index is 1.89. The van der Waals surface area contributed by atoms with Gasteiger partial charge in [-0.2, -0.15) is 0 Å². The molecule has 0 aliphatic carbocycles. The van der Waals surface area contributed by atoms with Crippen LogP contribution < -0.4 is 5.06 Å². The molecular weight excluding hydrogens is 250 g/mol. The molecule has 1 fully saturated rings. The summed E-state index contributed by atoms with van der Waals surface area (Å²) in [6.07, 6.45) is 0.664.